The molecule has 0 saturated carbocycles. The van der Waals surface area contributed by atoms with Crippen LogP contribution in [0.4, 0.5) is 5.82 Å². The van der Waals surface area contributed by atoms with E-state index in [4.69, 9.17) is 0 Å². The second kappa shape index (κ2) is 5.26. The number of aryl methyl sites for hydroxylation is 1. The maximum Gasteiger partial charge on any atom is 0.163 e. The Kier molecular flexibility index (Phi) is 3.30. The van der Waals surface area contributed by atoms with Crippen LogP contribution in [0.2, 0.25) is 0 Å². The molecule has 102 valence electrons. The number of benzene rings is 1. The van der Waals surface area contributed by atoms with Crippen LogP contribution in [0.1, 0.15) is 11.7 Å². The number of hydrogen-bond acceptors (Lipinski definition) is 5. The van der Waals surface area contributed by atoms with Gasteiger partial charge in [0.05, 0.1) is 17.7 Å². The van der Waals surface area contributed by atoms with Crippen LogP contribution in [0, 0.1) is 0 Å². The molecular formula is C14H15N5O. The van der Waals surface area contributed by atoms with Gasteiger partial charge >= 0.3 is 0 Å². The van der Waals surface area contributed by atoms with Crippen LogP contribution in [0.25, 0.3) is 11.0 Å². The first-order valence-corrected chi connectivity index (χ1v) is 6.35. The van der Waals surface area contributed by atoms with Gasteiger partial charge in [-0.1, -0.05) is 30.3 Å². The molecular weight excluding hydrogens is 254 g/mol. The zero-order valence-electron chi connectivity index (χ0n) is 11.1. The molecule has 3 aromatic rings. The van der Waals surface area contributed by atoms with E-state index in [1.165, 1.54) is 6.33 Å². The first-order chi connectivity index (χ1) is 9.75. The van der Waals surface area contributed by atoms with Crippen LogP contribution in [-0.4, -0.2) is 31.4 Å². The molecule has 6 nitrogen and oxygen atoms in total. The van der Waals surface area contributed by atoms with E-state index < -0.39 is 6.10 Å². The number of aliphatic hydroxyl groups excluding tert-OH is 1. The molecule has 0 spiro atoms. The molecule has 0 saturated heterocycles. The fourth-order valence-electron chi connectivity index (χ4n) is 2.09. The van der Waals surface area contributed by atoms with Gasteiger partial charge in [0.2, 0.25) is 0 Å². The number of nitrogens with one attached hydrogen (secondary N) is 1. The SMILES string of the molecule is Cn1ncc2c(NCC(O)c3ccccc3)ncnc21. The van der Waals surface area contributed by atoms with Crippen LogP contribution in [-0.2, 0) is 7.05 Å². The molecule has 2 heterocycles. The van der Waals surface area contributed by atoms with E-state index in [1.807, 2.05) is 37.4 Å². The molecule has 6 heteroatoms. The average Bonchev–Trinajstić information content (AvgIpc) is 2.88. The molecule has 1 aromatic carbocycles. The van der Waals surface area contributed by atoms with Crippen LogP contribution in [0.3, 0.4) is 0 Å². The highest BCUT2D eigenvalue weighted by Crippen LogP contribution is 2.19. The van der Waals surface area contributed by atoms with Gasteiger partial charge in [0.25, 0.3) is 0 Å². The lowest BCUT2D eigenvalue weighted by atomic mass is 10.1. The van der Waals surface area contributed by atoms with Gasteiger partial charge < -0.3 is 10.4 Å². The second-order valence-corrected chi connectivity index (χ2v) is 4.54. The maximum atomic E-state index is 10.1. The normalized spacial score (nSPS) is 12.5. The van der Waals surface area contributed by atoms with Gasteiger partial charge in [0, 0.05) is 13.6 Å². The minimum absolute atomic E-state index is 0.380. The van der Waals surface area contributed by atoms with Gasteiger partial charge in [-0.05, 0) is 5.56 Å². The van der Waals surface area contributed by atoms with Gasteiger partial charge in [0.1, 0.15) is 12.1 Å². The maximum absolute atomic E-state index is 10.1. The van der Waals surface area contributed by atoms with Gasteiger partial charge in [0.15, 0.2) is 5.65 Å². The Morgan fingerprint density at radius 1 is 1.25 bits per heavy atom. The monoisotopic (exact) mass is 269 g/mol. The van der Waals surface area contributed by atoms with Crippen molar-refractivity contribution in [1.29, 1.82) is 0 Å². The van der Waals surface area contributed by atoms with Crippen molar-refractivity contribution in [3.63, 3.8) is 0 Å². The summed E-state index contributed by atoms with van der Waals surface area (Å²) in [6, 6.07) is 9.52. The van der Waals surface area contributed by atoms with Crippen molar-refractivity contribution in [2.45, 2.75) is 6.10 Å². The molecule has 2 N–H and O–H groups in total. The predicted octanol–water partition coefficient (Wildman–Crippen LogP) is 1.51. The standard InChI is InChI=1S/C14H15N5O/c1-19-14-11(7-18-19)13(16-9-17-14)15-8-12(20)10-5-3-2-4-6-10/h2-7,9,12,20H,8H2,1H3,(H,15,16,17). The van der Waals surface area contributed by atoms with Crippen LogP contribution in [0.15, 0.2) is 42.9 Å². The Bertz CT molecular complexity index is 710. The molecule has 1 atom stereocenters. The van der Waals surface area contributed by atoms with Crippen LogP contribution >= 0.6 is 0 Å². The molecule has 20 heavy (non-hydrogen) atoms. The van der Waals surface area contributed by atoms with Crippen molar-refractivity contribution < 1.29 is 5.11 Å². The van der Waals surface area contributed by atoms with E-state index in [9.17, 15) is 5.11 Å². The first kappa shape index (κ1) is 12.6. The Balaban J connectivity index is 1.77. The van der Waals surface area contributed by atoms with Crippen molar-refractivity contribution in [3.8, 4) is 0 Å². The van der Waals surface area contributed by atoms with E-state index in [0.717, 1.165) is 16.6 Å². The van der Waals surface area contributed by atoms with Crippen molar-refractivity contribution in [2.75, 3.05) is 11.9 Å². The quantitative estimate of drug-likeness (QED) is 0.751. The third kappa shape index (κ3) is 2.33. The largest absolute Gasteiger partial charge is 0.387 e. The van der Waals surface area contributed by atoms with E-state index in [1.54, 1.807) is 10.9 Å². The smallest absolute Gasteiger partial charge is 0.163 e. The average molecular weight is 269 g/mol. The molecule has 0 radical (unpaired) electrons. The fourth-order valence-corrected chi connectivity index (χ4v) is 2.09. The summed E-state index contributed by atoms with van der Waals surface area (Å²) in [5.74, 6) is 0.679. The zero-order chi connectivity index (χ0) is 13.9. The lowest BCUT2D eigenvalue weighted by Crippen LogP contribution is -2.13. The van der Waals surface area contributed by atoms with E-state index >= 15 is 0 Å². The Hall–Kier alpha value is -2.47. The highest BCUT2D eigenvalue weighted by molar-refractivity contribution is 5.85. The number of fused-ring (bicyclic) bond motifs is 1. The molecule has 0 aliphatic carbocycles. The Morgan fingerprint density at radius 3 is 2.85 bits per heavy atom. The summed E-state index contributed by atoms with van der Waals surface area (Å²) in [4.78, 5) is 8.37. The van der Waals surface area contributed by atoms with E-state index in [0.29, 0.717) is 12.4 Å². The summed E-state index contributed by atoms with van der Waals surface area (Å²) < 4.78 is 1.69. The topological polar surface area (TPSA) is 75.9 Å². The summed E-state index contributed by atoms with van der Waals surface area (Å²) in [6.45, 7) is 0.380. The van der Waals surface area contributed by atoms with E-state index in [-0.39, 0.29) is 0 Å². The minimum Gasteiger partial charge on any atom is -0.387 e. The molecule has 0 aliphatic heterocycles. The van der Waals surface area contributed by atoms with Crippen LogP contribution in [0.5, 0.6) is 0 Å². The van der Waals surface area contributed by atoms with Gasteiger partial charge in [-0.15, -0.1) is 0 Å². The van der Waals surface area contributed by atoms with Crippen LogP contribution < -0.4 is 5.32 Å². The molecule has 0 amide bonds. The van der Waals surface area contributed by atoms with Gasteiger partial charge in [-0.3, -0.25) is 4.68 Å². The summed E-state index contributed by atoms with van der Waals surface area (Å²) in [6.07, 6.45) is 2.62. The van der Waals surface area contributed by atoms with E-state index in [2.05, 4.69) is 20.4 Å². The van der Waals surface area contributed by atoms with Gasteiger partial charge in [-0.25, -0.2) is 9.97 Å². The molecule has 0 aliphatic rings. The summed E-state index contributed by atoms with van der Waals surface area (Å²) >= 11 is 0. The fraction of sp³-hybridized carbons (Fsp3) is 0.214. The number of anilines is 1. The zero-order valence-corrected chi connectivity index (χ0v) is 11.1. The molecule has 0 bridgehead atoms. The van der Waals surface area contributed by atoms with Gasteiger partial charge in [-0.2, -0.15) is 5.10 Å². The molecule has 3 rings (SSSR count). The van der Waals surface area contributed by atoms with Crippen molar-refractivity contribution in [1.82, 2.24) is 19.7 Å². The third-order valence-corrected chi connectivity index (χ3v) is 3.18. The number of rotatable bonds is 4. The number of nitrogens with zero attached hydrogens (tertiary/aromatic N) is 4. The minimum atomic E-state index is -0.585. The Labute approximate surface area is 116 Å². The summed E-state index contributed by atoms with van der Waals surface area (Å²) in [5, 5.41) is 18.3. The van der Waals surface area contributed by atoms with Crippen molar-refractivity contribution in [3.05, 3.63) is 48.4 Å². The lowest BCUT2D eigenvalue weighted by Gasteiger charge is -2.12. The first-order valence-electron chi connectivity index (χ1n) is 6.35. The highest BCUT2D eigenvalue weighted by Gasteiger charge is 2.10. The number of aromatic nitrogens is 4. The molecule has 2 aromatic heterocycles. The predicted molar refractivity (Wildman–Crippen MR) is 76.2 cm³/mol. The highest BCUT2D eigenvalue weighted by atomic mass is 16.3. The lowest BCUT2D eigenvalue weighted by molar-refractivity contribution is 0.191. The molecule has 0 fully saturated rings. The summed E-state index contributed by atoms with van der Waals surface area (Å²) in [5.41, 5.74) is 1.63. The third-order valence-electron chi connectivity index (χ3n) is 3.18. The van der Waals surface area contributed by atoms with Crippen molar-refractivity contribution in [2.24, 2.45) is 7.05 Å². The number of aliphatic hydroxyl groups is 1. The Morgan fingerprint density at radius 2 is 2.05 bits per heavy atom. The molecule has 1 unspecified atom stereocenters. The summed E-state index contributed by atoms with van der Waals surface area (Å²) in [7, 11) is 1.83. The second-order valence-electron chi connectivity index (χ2n) is 4.54. The number of hydrogen-bond donors (Lipinski definition) is 2. The van der Waals surface area contributed by atoms with Crippen molar-refractivity contribution >= 4 is 16.9 Å².